The fourth-order valence-corrected chi connectivity index (χ4v) is 2.29. The second-order valence-corrected chi connectivity index (χ2v) is 4.91. The van der Waals surface area contributed by atoms with Gasteiger partial charge in [0, 0.05) is 23.7 Å². The minimum atomic E-state index is -0.246. The molecule has 0 aliphatic heterocycles. The van der Waals surface area contributed by atoms with Crippen molar-refractivity contribution in [3.8, 4) is 5.75 Å². The van der Waals surface area contributed by atoms with Crippen molar-refractivity contribution in [2.45, 2.75) is 25.9 Å². The van der Waals surface area contributed by atoms with Gasteiger partial charge in [0.1, 0.15) is 11.6 Å². The lowest BCUT2D eigenvalue weighted by Gasteiger charge is -2.21. The highest BCUT2D eigenvalue weighted by Gasteiger charge is 2.14. The molecule has 0 bridgehead atoms. The summed E-state index contributed by atoms with van der Waals surface area (Å²) in [7, 11) is 1.54. The molecule has 1 N–H and O–H groups in total. The smallest absolute Gasteiger partial charge is 0.131 e. The third-order valence-electron chi connectivity index (χ3n) is 3.47. The van der Waals surface area contributed by atoms with Gasteiger partial charge in [-0.2, -0.15) is 0 Å². The molecule has 0 spiro atoms. The lowest BCUT2D eigenvalue weighted by atomic mass is 10.0. The molecule has 2 atom stereocenters. The Hall–Kier alpha value is -1.87. The van der Waals surface area contributed by atoms with Gasteiger partial charge in [0.05, 0.1) is 7.11 Å². The number of ether oxygens (including phenoxy) is 1. The van der Waals surface area contributed by atoms with Crippen LogP contribution in [0.4, 0.5) is 4.39 Å². The van der Waals surface area contributed by atoms with E-state index in [0.717, 1.165) is 0 Å². The van der Waals surface area contributed by atoms with E-state index in [1.165, 1.54) is 18.7 Å². The molecule has 0 saturated heterocycles. The number of hydrogen-bond donors (Lipinski definition) is 1. The second-order valence-electron chi connectivity index (χ2n) is 4.91. The minimum Gasteiger partial charge on any atom is -0.497 e. The largest absolute Gasteiger partial charge is 0.497 e. The molecule has 2 rings (SSSR count). The molecule has 0 radical (unpaired) electrons. The van der Waals surface area contributed by atoms with E-state index in [0.29, 0.717) is 11.3 Å². The highest BCUT2D eigenvalue weighted by molar-refractivity contribution is 5.31. The van der Waals surface area contributed by atoms with Crippen LogP contribution < -0.4 is 10.1 Å². The van der Waals surface area contributed by atoms with E-state index >= 15 is 0 Å². The minimum absolute atomic E-state index is 0.0730. The van der Waals surface area contributed by atoms with Crippen molar-refractivity contribution in [1.82, 2.24) is 5.32 Å². The Bertz CT molecular complexity index is 556. The topological polar surface area (TPSA) is 21.3 Å². The molecule has 106 valence electrons. The van der Waals surface area contributed by atoms with Gasteiger partial charge >= 0.3 is 0 Å². The summed E-state index contributed by atoms with van der Waals surface area (Å²) in [5.41, 5.74) is 1.84. The van der Waals surface area contributed by atoms with Crippen LogP contribution in [0.3, 0.4) is 0 Å². The highest BCUT2D eigenvalue weighted by Crippen LogP contribution is 2.24. The molecule has 3 heteroatoms. The molecule has 0 heterocycles. The number of hydrogen-bond acceptors (Lipinski definition) is 2. The van der Waals surface area contributed by atoms with Crippen LogP contribution in [0.15, 0.2) is 48.5 Å². The average Bonchev–Trinajstić information content (AvgIpc) is 2.47. The Morgan fingerprint density at radius 1 is 1.00 bits per heavy atom. The Morgan fingerprint density at radius 2 is 1.70 bits per heavy atom. The van der Waals surface area contributed by atoms with Crippen molar-refractivity contribution >= 4 is 0 Å². The number of rotatable bonds is 5. The maximum Gasteiger partial charge on any atom is 0.131 e. The zero-order valence-corrected chi connectivity index (χ0v) is 12.1. The van der Waals surface area contributed by atoms with E-state index in [2.05, 4.69) is 24.4 Å². The number of benzene rings is 2. The summed E-state index contributed by atoms with van der Waals surface area (Å²) >= 11 is 0. The maximum absolute atomic E-state index is 14.0. The van der Waals surface area contributed by atoms with Gasteiger partial charge in [-0.25, -0.2) is 4.39 Å². The summed E-state index contributed by atoms with van der Waals surface area (Å²) in [6.07, 6.45) is 0. The van der Waals surface area contributed by atoms with Crippen LogP contribution in [-0.2, 0) is 0 Å². The Kier molecular flexibility index (Phi) is 4.74. The molecule has 2 unspecified atom stereocenters. The lowest BCUT2D eigenvalue weighted by molar-refractivity contribution is 0.408. The summed E-state index contributed by atoms with van der Waals surface area (Å²) < 4.78 is 19.0. The Morgan fingerprint density at radius 3 is 2.30 bits per heavy atom. The van der Waals surface area contributed by atoms with E-state index in [1.807, 2.05) is 25.1 Å². The van der Waals surface area contributed by atoms with Crippen LogP contribution in [0.1, 0.15) is 37.1 Å². The van der Waals surface area contributed by atoms with E-state index < -0.39 is 0 Å². The summed E-state index contributed by atoms with van der Waals surface area (Å²) in [5, 5.41) is 3.41. The van der Waals surface area contributed by atoms with E-state index in [-0.39, 0.29) is 17.9 Å². The Balaban J connectivity index is 2.10. The van der Waals surface area contributed by atoms with Gasteiger partial charge in [-0.3, -0.25) is 0 Å². The van der Waals surface area contributed by atoms with E-state index in [1.54, 1.807) is 12.1 Å². The summed E-state index contributed by atoms with van der Waals surface area (Å²) in [5.74, 6) is 0.291. The van der Waals surface area contributed by atoms with Crippen molar-refractivity contribution in [3.05, 3.63) is 65.5 Å². The molecule has 0 aliphatic carbocycles. The summed E-state index contributed by atoms with van der Waals surface area (Å²) in [6, 6.07) is 15.2. The molecule has 0 amide bonds. The average molecular weight is 273 g/mol. The molecule has 2 aromatic carbocycles. The predicted octanol–water partition coefficient (Wildman–Crippen LogP) is 4.25. The van der Waals surface area contributed by atoms with E-state index in [4.69, 9.17) is 4.74 Å². The zero-order valence-electron chi connectivity index (χ0n) is 12.1. The Labute approximate surface area is 119 Å². The van der Waals surface area contributed by atoms with Gasteiger partial charge in [-0.15, -0.1) is 0 Å². The fourth-order valence-electron chi connectivity index (χ4n) is 2.29. The van der Waals surface area contributed by atoms with Gasteiger partial charge in [0.2, 0.25) is 0 Å². The second kappa shape index (κ2) is 6.53. The van der Waals surface area contributed by atoms with Crippen molar-refractivity contribution in [1.29, 1.82) is 0 Å². The number of methoxy groups -OCH3 is 1. The monoisotopic (exact) mass is 273 g/mol. The van der Waals surface area contributed by atoms with Crippen molar-refractivity contribution < 1.29 is 9.13 Å². The van der Waals surface area contributed by atoms with Crippen LogP contribution >= 0.6 is 0 Å². The third kappa shape index (κ3) is 3.36. The molecule has 0 fully saturated rings. The van der Waals surface area contributed by atoms with Crippen molar-refractivity contribution in [3.63, 3.8) is 0 Å². The van der Waals surface area contributed by atoms with Crippen LogP contribution in [0, 0.1) is 5.82 Å². The van der Waals surface area contributed by atoms with Gasteiger partial charge < -0.3 is 10.1 Å². The molecular formula is C17H20FNO. The molecule has 0 saturated carbocycles. The molecule has 0 aliphatic rings. The maximum atomic E-state index is 14.0. The standard InChI is InChI=1S/C17H20FNO/c1-12(14-7-5-4-6-8-14)19-13(2)16-10-9-15(20-3)11-17(16)18/h4-13,19H,1-3H3. The fraction of sp³-hybridized carbons (Fsp3) is 0.294. The molecule has 2 nitrogen and oxygen atoms in total. The summed E-state index contributed by atoms with van der Waals surface area (Å²) in [4.78, 5) is 0. The van der Waals surface area contributed by atoms with E-state index in [9.17, 15) is 4.39 Å². The SMILES string of the molecule is COc1ccc(C(C)NC(C)c2ccccc2)c(F)c1. The highest BCUT2D eigenvalue weighted by atomic mass is 19.1. The van der Waals surface area contributed by atoms with Crippen molar-refractivity contribution in [2.24, 2.45) is 0 Å². The third-order valence-corrected chi connectivity index (χ3v) is 3.47. The first-order chi connectivity index (χ1) is 9.61. The van der Waals surface area contributed by atoms with Crippen LogP contribution in [0.25, 0.3) is 0 Å². The first kappa shape index (κ1) is 14.5. The first-order valence-electron chi connectivity index (χ1n) is 6.76. The van der Waals surface area contributed by atoms with Crippen LogP contribution in [0.5, 0.6) is 5.75 Å². The number of halogens is 1. The zero-order chi connectivity index (χ0) is 14.5. The van der Waals surface area contributed by atoms with Crippen LogP contribution in [-0.4, -0.2) is 7.11 Å². The number of nitrogens with one attached hydrogen (secondary N) is 1. The quantitative estimate of drug-likeness (QED) is 0.879. The molecule has 0 aromatic heterocycles. The van der Waals surface area contributed by atoms with Gasteiger partial charge in [0.15, 0.2) is 0 Å². The van der Waals surface area contributed by atoms with Crippen LogP contribution in [0.2, 0.25) is 0 Å². The lowest BCUT2D eigenvalue weighted by Crippen LogP contribution is -2.23. The van der Waals surface area contributed by atoms with Gasteiger partial charge in [-0.1, -0.05) is 36.4 Å². The first-order valence-corrected chi connectivity index (χ1v) is 6.76. The van der Waals surface area contributed by atoms with Gasteiger partial charge in [-0.05, 0) is 25.5 Å². The van der Waals surface area contributed by atoms with Gasteiger partial charge in [0.25, 0.3) is 0 Å². The molecule has 20 heavy (non-hydrogen) atoms. The molecular weight excluding hydrogens is 253 g/mol. The van der Waals surface area contributed by atoms with Crippen molar-refractivity contribution in [2.75, 3.05) is 7.11 Å². The predicted molar refractivity (Wildman–Crippen MR) is 79.4 cm³/mol. The normalized spacial score (nSPS) is 13.8. The summed E-state index contributed by atoms with van der Waals surface area (Å²) in [6.45, 7) is 4.04. The molecule has 2 aromatic rings.